The van der Waals surface area contributed by atoms with E-state index in [1.54, 1.807) is 36.4 Å². The standard InChI is InChI=1S/C17H15N9O3/c18-24-21-9-14(10-22-25-19)29-16-4-2-1-3-15(16)12-5-7-13(8-6-12)17(27)28-11-23-26-20/h1-8,14H,9-11H2. The summed E-state index contributed by atoms with van der Waals surface area (Å²) in [6.45, 7) is -0.384. The summed E-state index contributed by atoms with van der Waals surface area (Å²) < 4.78 is 10.7. The summed E-state index contributed by atoms with van der Waals surface area (Å²) in [5.41, 5.74) is 27.0. The lowest BCUT2D eigenvalue weighted by molar-refractivity contribution is 0.0515. The predicted octanol–water partition coefficient (Wildman–Crippen LogP) is 5.15. The molecule has 2 rings (SSSR count). The molecule has 29 heavy (non-hydrogen) atoms. The van der Waals surface area contributed by atoms with Gasteiger partial charge >= 0.3 is 5.97 Å². The summed E-state index contributed by atoms with van der Waals surface area (Å²) in [6.07, 6.45) is -0.627. The molecule has 0 amide bonds. The maximum atomic E-state index is 11.9. The molecule has 12 heteroatoms. The molecule has 0 heterocycles. The average Bonchev–Trinajstić information content (AvgIpc) is 2.76. The summed E-state index contributed by atoms with van der Waals surface area (Å²) in [5.74, 6) is -0.116. The summed E-state index contributed by atoms with van der Waals surface area (Å²) in [5, 5.41) is 10.1. The van der Waals surface area contributed by atoms with E-state index in [1.807, 2.05) is 12.1 Å². The number of nitrogens with zero attached hydrogens (tertiary/aromatic N) is 9. The van der Waals surface area contributed by atoms with Gasteiger partial charge in [0.2, 0.25) is 0 Å². The average molecular weight is 393 g/mol. The van der Waals surface area contributed by atoms with Crippen LogP contribution in [0.5, 0.6) is 5.75 Å². The van der Waals surface area contributed by atoms with Gasteiger partial charge in [-0.05, 0) is 40.4 Å². The van der Waals surface area contributed by atoms with Crippen molar-refractivity contribution in [3.8, 4) is 16.9 Å². The zero-order chi connectivity index (χ0) is 20.9. The van der Waals surface area contributed by atoms with Gasteiger partial charge in [-0.1, -0.05) is 45.7 Å². The predicted molar refractivity (Wildman–Crippen MR) is 104 cm³/mol. The Labute approximate surface area is 164 Å². The maximum absolute atomic E-state index is 11.9. The van der Waals surface area contributed by atoms with E-state index in [0.717, 1.165) is 11.1 Å². The van der Waals surface area contributed by atoms with Crippen molar-refractivity contribution in [2.75, 3.05) is 19.8 Å². The van der Waals surface area contributed by atoms with Crippen molar-refractivity contribution in [2.45, 2.75) is 6.10 Å². The second-order valence-electron chi connectivity index (χ2n) is 5.43. The molecule has 0 saturated heterocycles. The van der Waals surface area contributed by atoms with Crippen molar-refractivity contribution >= 4 is 5.97 Å². The quantitative estimate of drug-likeness (QED) is 0.234. The minimum absolute atomic E-state index is 0.000187. The van der Waals surface area contributed by atoms with E-state index in [9.17, 15) is 4.79 Å². The van der Waals surface area contributed by atoms with Crippen LogP contribution in [0.1, 0.15) is 10.4 Å². The first-order valence-corrected chi connectivity index (χ1v) is 8.25. The van der Waals surface area contributed by atoms with E-state index in [1.165, 1.54) is 0 Å². The van der Waals surface area contributed by atoms with Crippen molar-refractivity contribution in [2.24, 2.45) is 15.3 Å². The molecule has 2 aromatic rings. The van der Waals surface area contributed by atoms with Crippen molar-refractivity contribution in [1.29, 1.82) is 0 Å². The minimum atomic E-state index is -0.627. The molecule has 0 aromatic heterocycles. The van der Waals surface area contributed by atoms with Crippen LogP contribution in [0.15, 0.2) is 63.9 Å². The van der Waals surface area contributed by atoms with Crippen LogP contribution in [0.25, 0.3) is 42.5 Å². The Morgan fingerprint density at radius 2 is 1.52 bits per heavy atom. The monoisotopic (exact) mass is 393 g/mol. The zero-order valence-corrected chi connectivity index (χ0v) is 15.1. The molecular formula is C17H15N9O3. The third-order valence-electron chi connectivity index (χ3n) is 3.63. The Bertz CT molecular complexity index is 969. The lowest BCUT2D eigenvalue weighted by Crippen LogP contribution is -2.23. The normalized spacial score (nSPS) is 10.5. The molecule has 0 aliphatic heterocycles. The van der Waals surface area contributed by atoms with Crippen LogP contribution in [-0.4, -0.2) is 31.9 Å². The van der Waals surface area contributed by atoms with E-state index < -0.39 is 12.1 Å². The number of para-hydroxylation sites is 1. The van der Waals surface area contributed by atoms with Gasteiger partial charge in [0.25, 0.3) is 0 Å². The Morgan fingerprint density at radius 3 is 2.14 bits per heavy atom. The molecule has 0 bridgehead atoms. The van der Waals surface area contributed by atoms with Crippen LogP contribution in [0, 0.1) is 0 Å². The molecular weight excluding hydrogens is 378 g/mol. The van der Waals surface area contributed by atoms with Crippen LogP contribution in [0.4, 0.5) is 0 Å². The summed E-state index contributed by atoms with van der Waals surface area (Å²) in [4.78, 5) is 19.8. The highest BCUT2D eigenvalue weighted by Crippen LogP contribution is 2.31. The number of benzene rings is 2. The van der Waals surface area contributed by atoms with E-state index >= 15 is 0 Å². The zero-order valence-electron chi connectivity index (χ0n) is 15.1. The van der Waals surface area contributed by atoms with Gasteiger partial charge in [0.1, 0.15) is 11.9 Å². The van der Waals surface area contributed by atoms with Gasteiger partial charge < -0.3 is 9.47 Å². The Balaban J connectivity index is 2.22. The molecule has 2 aromatic carbocycles. The van der Waals surface area contributed by atoms with Crippen LogP contribution in [-0.2, 0) is 4.74 Å². The summed E-state index contributed by atoms with van der Waals surface area (Å²) in [7, 11) is 0. The third kappa shape index (κ3) is 6.38. The number of hydrogen-bond donors (Lipinski definition) is 0. The Kier molecular flexibility index (Phi) is 8.21. The maximum Gasteiger partial charge on any atom is 0.338 e. The number of rotatable bonds is 10. The number of esters is 1. The first-order chi connectivity index (χ1) is 14.2. The number of ether oxygens (including phenoxy) is 2. The van der Waals surface area contributed by atoms with Crippen LogP contribution >= 0.6 is 0 Å². The van der Waals surface area contributed by atoms with E-state index in [-0.39, 0.29) is 19.8 Å². The Hall–Kier alpha value is -4.36. The largest absolute Gasteiger partial charge is 0.490 e. The number of carbonyl (C=O) groups excluding carboxylic acids is 1. The first-order valence-electron chi connectivity index (χ1n) is 8.25. The third-order valence-corrected chi connectivity index (χ3v) is 3.63. The van der Waals surface area contributed by atoms with Crippen molar-refractivity contribution in [3.63, 3.8) is 0 Å². The van der Waals surface area contributed by atoms with E-state index in [4.69, 9.17) is 26.1 Å². The SMILES string of the molecule is [N-]=[N+]=NCOC(=O)c1ccc(-c2ccccc2OC(CN=[N+]=[N-])CN=[N+]=[N-])cc1. The van der Waals surface area contributed by atoms with Gasteiger partial charge in [0, 0.05) is 20.3 Å². The summed E-state index contributed by atoms with van der Waals surface area (Å²) >= 11 is 0. The molecule has 0 atom stereocenters. The van der Waals surface area contributed by atoms with Crippen molar-refractivity contribution in [1.82, 2.24) is 0 Å². The second-order valence-corrected chi connectivity index (χ2v) is 5.43. The smallest absolute Gasteiger partial charge is 0.338 e. The van der Waals surface area contributed by atoms with Gasteiger partial charge in [0.15, 0.2) is 6.73 Å². The lowest BCUT2D eigenvalue weighted by Gasteiger charge is -2.18. The number of carbonyl (C=O) groups is 1. The van der Waals surface area contributed by atoms with E-state index in [2.05, 4.69) is 30.1 Å². The minimum Gasteiger partial charge on any atom is -0.490 e. The Morgan fingerprint density at radius 1 is 0.897 bits per heavy atom. The highest BCUT2D eigenvalue weighted by atomic mass is 16.5. The molecule has 0 aliphatic carbocycles. The molecule has 0 unspecified atom stereocenters. The fourth-order valence-corrected chi connectivity index (χ4v) is 2.36. The van der Waals surface area contributed by atoms with Crippen LogP contribution in [0.3, 0.4) is 0 Å². The summed E-state index contributed by atoms with van der Waals surface area (Å²) in [6, 6.07) is 13.7. The second kappa shape index (κ2) is 11.4. The molecule has 146 valence electrons. The first kappa shape index (κ1) is 20.9. The fraction of sp³-hybridized carbons (Fsp3) is 0.235. The highest BCUT2D eigenvalue weighted by Gasteiger charge is 2.14. The molecule has 0 aliphatic rings. The van der Waals surface area contributed by atoms with Gasteiger partial charge in [-0.3, -0.25) is 0 Å². The van der Waals surface area contributed by atoms with Gasteiger partial charge in [0.05, 0.1) is 18.7 Å². The van der Waals surface area contributed by atoms with E-state index in [0.29, 0.717) is 11.3 Å². The van der Waals surface area contributed by atoms with Crippen LogP contribution in [0.2, 0.25) is 0 Å². The van der Waals surface area contributed by atoms with Gasteiger partial charge in [-0.15, -0.1) is 0 Å². The van der Waals surface area contributed by atoms with Gasteiger partial charge in [-0.2, -0.15) is 0 Å². The molecule has 0 saturated carbocycles. The molecule has 0 radical (unpaired) electrons. The van der Waals surface area contributed by atoms with Crippen LogP contribution < -0.4 is 4.74 Å². The molecule has 0 N–H and O–H groups in total. The van der Waals surface area contributed by atoms with Gasteiger partial charge in [-0.25, -0.2) is 4.79 Å². The molecule has 12 nitrogen and oxygen atoms in total. The van der Waals surface area contributed by atoms with Crippen molar-refractivity contribution < 1.29 is 14.3 Å². The topological polar surface area (TPSA) is 182 Å². The molecule has 0 fully saturated rings. The number of hydrogen-bond acceptors (Lipinski definition) is 6. The lowest BCUT2D eigenvalue weighted by atomic mass is 10.0. The molecule has 0 spiro atoms. The van der Waals surface area contributed by atoms with Crippen molar-refractivity contribution in [3.05, 3.63) is 85.4 Å². The fourth-order valence-electron chi connectivity index (χ4n) is 2.36. The highest BCUT2D eigenvalue weighted by molar-refractivity contribution is 5.90. The number of azide groups is 3.